The molecule has 0 amide bonds. The van der Waals surface area contributed by atoms with Gasteiger partial charge in [-0.3, -0.25) is 10.1 Å². The highest BCUT2D eigenvalue weighted by Gasteiger charge is 2.32. The summed E-state index contributed by atoms with van der Waals surface area (Å²) in [5, 5.41) is 11.1. The number of halogens is 4. The second kappa shape index (κ2) is 7.60. The summed E-state index contributed by atoms with van der Waals surface area (Å²) < 4.78 is 51.2. The first kappa shape index (κ1) is 19.5. The van der Waals surface area contributed by atoms with Crippen LogP contribution in [0.3, 0.4) is 0 Å². The Balaban J connectivity index is 2.49. The normalized spacial score (nSPS) is 11.0. The molecule has 0 saturated carbocycles. The van der Waals surface area contributed by atoms with Crippen LogP contribution in [0.15, 0.2) is 40.9 Å². The largest absolute Gasteiger partial charge is 0.573 e. The molecule has 0 bridgehead atoms. The number of rotatable bonds is 5. The van der Waals surface area contributed by atoms with E-state index in [0.717, 1.165) is 19.2 Å². The minimum absolute atomic E-state index is 0.0849. The fraction of sp³-hybridized carbons (Fsp3) is 0.133. The van der Waals surface area contributed by atoms with Crippen LogP contribution >= 0.6 is 15.9 Å². The molecule has 0 radical (unpaired) electrons. The van der Waals surface area contributed by atoms with Gasteiger partial charge in [0, 0.05) is 16.6 Å². The van der Waals surface area contributed by atoms with Gasteiger partial charge in [0.15, 0.2) is 0 Å². The number of methoxy groups -OCH3 is 1. The number of nitro benzene ring substituents is 1. The summed E-state index contributed by atoms with van der Waals surface area (Å²) in [6.07, 6.45) is -4.98. The molecule has 0 N–H and O–H groups in total. The Morgan fingerprint density at radius 2 is 1.85 bits per heavy atom. The number of benzene rings is 2. The molecule has 0 saturated heterocycles. The minimum atomic E-state index is -4.98. The van der Waals surface area contributed by atoms with Gasteiger partial charge >= 0.3 is 18.0 Å². The van der Waals surface area contributed by atoms with Crippen LogP contribution in [0, 0.1) is 10.1 Å². The van der Waals surface area contributed by atoms with Crippen LogP contribution in [0.4, 0.5) is 18.9 Å². The highest BCUT2D eigenvalue weighted by atomic mass is 79.9. The molecule has 0 heterocycles. The summed E-state index contributed by atoms with van der Waals surface area (Å²) in [5.74, 6) is -2.20. The summed E-state index contributed by atoms with van der Waals surface area (Å²) in [5.41, 5.74) is -0.698. The first-order chi connectivity index (χ1) is 12.1. The molecule has 2 rings (SSSR count). The van der Waals surface area contributed by atoms with E-state index in [1.807, 2.05) is 0 Å². The van der Waals surface area contributed by atoms with Crippen molar-refractivity contribution in [2.75, 3.05) is 7.11 Å². The zero-order chi connectivity index (χ0) is 19.5. The van der Waals surface area contributed by atoms with Crippen molar-refractivity contribution >= 4 is 27.6 Å². The van der Waals surface area contributed by atoms with Crippen molar-refractivity contribution < 1.29 is 37.1 Å². The maximum absolute atomic E-state index is 12.4. The first-order valence-electron chi connectivity index (χ1n) is 6.70. The van der Waals surface area contributed by atoms with E-state index in [1.54, 1.807) is 0 Å². The van der Waals surface area contributed by atoms with E-state index in [-0.39, 0.29) is 11.3 Å². The van der Waals surface area contributed by atoms with Gasteiger partial charge in [-0.25, -0.2) is 4.79 Å². The number of nitro groups is 1. The maximum atomic E-state index is 12.4. The quantitative estimate of drug-likeness (QED) is 0.379. The Morgan fingerprint density at radius 3 is 2.42 bits per heavy atom. The lowest BCUT2D eigenvalue weighted by Gasteiger charge is -2.13. The van der Waals surface area contributed by atoms with E-state index >= 15 is 0 Å². The smallest absolute Gasteiger partial charge is 0.465 e. The van der Waals surface area contributed by atoms with Crippen LogP contribution in [0.5, 0.6) is 17.2 Å². The van der Waals surface area contributed by atoms with Gasteiger partial charge in [0.25, 0.3) is 0 Å². The lowest BCUT2D eigenvalue weighted by molar-refractivity contribution is -0.385. The molecule has 0 spiro atoms. The number of carbonyl (C=O) groups is 1. The molecular formula is C15H9BrF3NO6. The van der Waals surface area contributed by atoms with Crippen LogP contribution in [-0.4, -0.2) is 24.4 Å². The van der Waals surface area contributed by atoms with Gasteiger partial charge in [-0.2, -0.15) is 0 Å². The molecule has 0 fully saturated rings. The Kier molecular flexibility index (Phi) is 5.70. The van der Waals surface area contributed by atoms with Crippen molar-refractivity contribution in [3.63, 3.8) is 0 Å². The summed E-state index contributed by atoms with van der Waals surface area (Å²) in [7, 11) is 1.12. The predicted octanol–water partition coefficient (Wildman–Crippen LogP) is 4.83. The predicted molar refractivity (Wildman–Crippen MR) is 85.3 cm³/mol. The second-order valence-corrected chi connectivity index (χ2v) is 5.58. The van der Waals surface area contributed by atoms with Crippen molar-refractivity contribution in [3.8, 4) is 17.2 Å². The molecule has 7 nitrogen and oxygen atoms in total. The Labute approximate surface area is 152 Å². The van der Waals surface area contributed by atoms with Crippen molar-refractivity contribution in [2.24, 2.45) is 0 Å². The van der Waals surface area contributed by atoms with Gasteiger partial charge in [-0.15, -0.1) is 13.2 Å². The van der Waals surface area contributed by atoms with E-state index in [2.05, 4.69) is 25.4 Å². The molecule has 11 heteroatoms. The van der Waals surface area contributed by atoms with Gasteiger partial charge in [0.1, 0.15) is 17.1 Å². The molecule has 0 aliphatic carbocycles. The number of hydrogen-bond donors (Lipinski definition) is 0. The first-order valence-corrected chi connectivity index (χ1v) is 7.50. The van der Waals surface area contributed by atoms with Crippen LogP contribution in [0.1, 0.15) is 10.4 Å². The third-order valence-electron chi connectivity index (χ3n) is 2.93. The highest BCUT2D eigenvalue weighted by molar-refractivity contribution is 9.10. The number of nitrogens with zero attached hydrogens (tertiary/aromatic N) is 1. The molecule has 138 valence electrons. The Morgan fingerprint density at radius 1 is 1.15 bits per heavy atom. The zero-order valence-electron chi connectivity index (χ0n) is 12.9. The van der Waals surface area contributed by atoms with Gasteiger partial charge in [0.2, 0.25) is 5.75 Å². The van der Waals surface area contributed by atoms with Crippen LogP contribution in [0.2, 0.25) is 0 Å². The second-order valence-electron chi connectivity index (χ2n) is 4.67. The lowest BCUT2D eigenvalue weighted by atomic mass is 10.2. The van der Waals surface area contributed by atoms with Gasteiger partial charge < -0.3 is 14.2 Å². The summed E-state index contributed by atoms with van der Waals surface area (Å²) in [6.45, 7) is 0. The fourth-order valence-corrected chi connectivity index (χ4v) is 2.26. The van der Waals surface area contributed by atoms with Crippen LogP contribution in [0.25, 0.3) is 0 Å². The van der Waals surface area contributed by atoms with E-state index < -0.39 is 34.4 Å². The summed E-state index contributed by atoms with van der Waals surface area (Å²) in [6, 6.07) is 6.40. The third kappa shape index (κ3) is 4.85. The average Bonchev–Trinajstić information content (AvgIpc) is 2.54. The van der Waals surface area contributed by atoms with Gasteiger partial charge in [-0.05, 0) is 24.3 Å². The number of ether oxygens (including phenoxy) is 3. The number of esters is 1. The molecule has 26 heavy (non-hydrogen) atoms. The molecule has 0 atom stereocenters. The molecule has 0 aromatic heterocycles. The topological polar surface area (TPSA) is 87.9 Å². The molecule has 2 aromatic carbocycles. The maximum Gasteiger partial charge on any atom is 0.573 e. The Bertz CT molecular complexity index is 856. The molecule has 2 aromatic rings. The standard InChI is InChI=1S/C15H9BrF3NO6/c1-24-14(21)10-6-8(16)2-5-12(10)25-13-7-9(26-15(17,18)19)3-4-11(13)20(22)23/h2-7H,1H3. The number of carbonyl (C=O) groups excluding carboxylic acids is 1. The van der Waals surface area contributed by atoms with Crippen molar-refractivity contribution in [1.29, 1.82) is 0 Å². The zero-order valence-corrected chi connectivity index (χ0v) is 14.5. The van der Waals surface area contributed by atoms with E-state index in [0.29, 0.717) is 10.5 Å². The monoisotopic (exact) mass is 435 g/mol. The molecular weight excluding hydrogens is 427 g/mol. The van der Waals surface area contributed by atoms with Gasteiger partial charge in [-0.1, -0.05) is 15.9 Å². The summed E-state index contributed by atoms with van der Waals surface area (Å²) >= 11 is 3.15. The highest BCUT2D eigenvalue weighted by Crippen LogP contribution is 2.38. The van der Waals surface area contributed by atoms with Gasteiger partial charge in [0.05, 0.1) is 12.0 Å². The van der Waals surface area contributed by atoms with Crippen molar-refractivity contribution in [3.05, 3.63) is 56.5 Å². The number of alkyl halides is 3. The van der Waals surface area contributed by atoms with Crippen LogP contribution < -0.4 is 9.47 Å². The van der Waals surface area contributed by atoms with E-state index in [1.165, 1.54) is 18.2 Å². The van der Waals surface area contributed by atoms with Crippen molar-refractivity contribution in [2.45, 2.75) is 6.36 Å². The van der Waals surface area contributed by atoms with E-state index in [4.69, 9.17) is 4.74 Å². The van der Waals surface area contributed by atoms with Crippen LogP contribution in [-0.2, 0) is 4.74 Å². The van der Waals surface area contributed by atoms with E-state index in [9.17, 15) is 28.1 Å². The molecule has 0 aliphatic rings. The average molecular weight is 436 g/mol. The lowest BCUT2D eigenvalue weighted by Crippen LogP contribution is -2.17. The minimum Gasteiger partial charge on any atom is -0.465 e. The Hall–Kier alpha value is -2.82. The molecule has 0 unspecified atom stereocenters. The fourth-order valence-electron chi connectivity index (χ4n) is 1.90. The summed E-state index contributed by atoms with van der Waals surface area (Å²) in [4.78, 5) is 22.1. The SMILES string of the molecule is COC(=O)c1cc(Br)ccc1Oc1cc(OC(F)(F)F)ccc1[N+](=O)[O-]. The third-order valence-corrected chi connectivity index (χ3v) is 3.42. The number of hydrogen-bond acceptors (Lipinski definition) is 6. The van der Waals surface area contributed by atoms with Crippen molar-refractivity contribution in [1.82, 2.24) is 0 Å². The molecule has 0 aliphatic heterocycles.